The number of furan rings is 1. The lowest BCUT2D eigenvalue weighted by Crippen LogP contribution is -2.45. The van der Waals surface area contributed by atoms with Crippen LogP contribution in [0.3, 0.4) is 0 Å². The van der Waals surface area contributed by atoms with E-state index in [0.29, 0.717) is 18.8 Å². The van der Waals surface area contributed by atoms with Crippen molar-refractivity contribution in [2.24, 2.45) is 0 Å². The van der Waals surface area contributed by atoms with E-state index in [9.17, 15) is 9.59 Å². The number of nitrogens with zero attached hydrogens (tertiary/aromatic N) is 2. The molecule has 0 bridgehead atoms. The van der Waals surface area contributed by atoms with Crippen molar-refractivity contribution in [1.29, 1.82) is 0 Å². The number of aromatic amines is 1. The third kappa shape index (κ3) is 5.10. The molecule has 0 fully saturated rings. The van der Waals surface area contributed by atoms with Gasteiger partial charge in [-0.15, -0.1) is 0 Å². The van der Waals surface area contributed by atoms with E-state index in [0.717, 1.165) is 18.4 Å². The minimum absolute atomic E-state index is 0.0724. The summed E-state index contributed by atoms with van der Waals surface area (Å²) in [5, 5.41) is 3.33. The van der Waals surface area contributed by atoms with E-state index >= 15 is 0 Å². The Balaban J connectivity index is 2.50. The number of nitrogens with two attached hydrogens (primary N) is 1. The summed E-state index contributed by atoms with van der Waals surface area (Å²) in [6.45, 7) is 8.74. The zero-order chi connectivity index (χ0) is 20.0. The number of hydrogen-bond acceptors (Lipinski definition) is 5. The van der Waals surface area contributed by atoms with Crippen molar-refractivity contribution < 1.29 is 4.42 Å². The van der Waals surface area contributed by atoms with Gasteiger partial charge in [-0.1, -0.05) is 25.5 Å². The SMILES string of the molecule is C=C(C)CNC(=S)N(Cc1ccco1)c1c(N)n(CCCC)c(=O)[nH]c1=O. The van der Waals surface area contributed by atoms with Crippen LogP contribution in [0.5, 0.6) is 0 Å². The molecule has 0 saturated heterocycles. The van der Waals surface area contributed by atoms with Gasteiger partial charge in [0.25, 0.3) is 5.56 Å². The topological polar surface area (TPSA) is 109 Å². The lowest BCUT2D eigenvalue weighted by atomic mass is 10.3. The second-order valence-corrected chi connectivity index (χ2v) is 6.67. The summed E-state index contributed by atoms with van der Waals surface area (Å²) in [7, 11) is 0. The van der Waals surface area contributed by atoms with Crippen LogP contribution in [0.25, 0.3) is 0 Å². The number of H-pyrrole nitrogens is 1. The van der Waals surface area contributed by atoms with Gasteiger partial charge in [0.1, 0.15) is 11.6 Å². The maximum atomic E-state index is 12.6. The molecule has 9 heteroatoms. The Labute approximate surface area is 162 Å². The molecule has 0 amide bonds. The van der Waals surface area contributed by atoms with Crippen LogP contribution in [-0.4, -0.2) is 21.2 Å². The molecular formula is C18H25N5O3S. The van der Waals surface area contributed by atoms with Gasteiger partial charge in [-0.25, -0.2) is 4.79 Å². The molecule has 2 rings (SSSR count). The van der Waals surface area contributed by atoms with Gasteiger partial charge in [-0.2, -0.15) is 0 Å². The standard InChI is InChI=1S/C18H25N5O3S/c1-4-5-8-22-15(19)14(16(24)21-17(22)25)23(11-13-7-6-9-26-13)18(27)20-10-12(2)3/h6-7,9H,2,4-5,8,10-11,19H2,1,3H3,(H,20,27)(H,21,24,25). The van der Waals surface area contributed by atoms with E-state index < -0.39 is 11.2 Å². The summed E-state index contributed by atoms with van der Waals surface area (Å²) in [6, 6.07) is 3.51. The largest absolute Gasteiger partial charge is 0.467 e. The number of rotatable bonds is 8. The van der Waals surface area contributed by atoms with Crippen LogP contribution in [-0.2, 0) is 13.1 Å². The zero-order valence-corrected chi connectivity index (χ0v) is 16.4. The Morgan fingerprint density at radius 2 is 2.22 bits per heavy atom. The molecule has 146 valence electrons. The molecule has 0 atom stereocenters. The lowest BCUT2D eigenvalue weighted by molar-refractivity contribution is 0.510. The van der Waals surface area contributed by atoms with Crippen LogP contribution < -0.4 is 27.2 Å². The van der Waals surface area contributed by atoms with Crippen molar-refractivity contribution in [2.45, 2.75) is 39.8 Å². The predicted octanol–water partition coefficient (Wildman–Crippen LogP) is 1.97. The maximum Gasteiger partial charge on any atom is 0.330 e. The number of nitrogens with one attached hydrogen (secondary N) is 2. The first-order valence-electron chi connectivity index (χ1n) is 8.69. The first-order valence-corrected chi connectivity index (χ1v) is 9.10. The molecule has 2 heterocycles. The third-order valence-corrected chi connectivity index (χ3v) is 4.26. The number of unbranched alkanes of at least 4 members (excludes halogenated alkanes) is 1. The monoisotopic (exact) mass is 391 g/mol. The first kappa shape index (κ1) is 20.5. The summed E-state index contributed by atoms with van der Waals surface area (Å²) in [5.41, 5.74) is 6.07. The molecule has 0 unspecified atom stereocenters. The molecule has 2 aromatic heterocycles. The molecular weight excluding hydrogens is 366 g/mol. The fraction of sp³-hybridized carbons (Fsp3) is 0.389. The molecule has 0 aliphatic heterocycles. The van der Waals surface area contributed by atoms with Crippen molar-refractivity contribution in [1.82, 2.24) is 14.9 Å². The highest BCUT2D eigenvalue weighted by molar-refractivity contribution is 7.80. The van der Waals surface area contributed by atoms with Crippen molar-refractivity contribution in [3.8, 4) is 0 Å². The average molecular weight is 391 g/mol. The summed E-state index contributed by atoms with van der Waals surface area (Å²) in [6.07, 6.45) is 3.18. The second kappa shape index (κ2) is 9.22. The van der Waals surface area contributed by atoms with E-state index in [4.69, 9.17) is 22.4 Å². The Morgan fingerprint density at radius 3 is 2.81 bits per heavy atom. The van der Waals surface area contributed by atoms with Crippen LogP contribution in [0.15, 0.2) is 44.6 Å². The normalized spacial score (nSPS) is 10.6. The fourth-order valence-corrected chi connectivity index (χ4v) is 2.74. The molecule has 0 spiro atoms. The van der Waals surface area contributed by atoms with Crippen LogP contribution in [0.4, 0.5) is 11.5 Å². The van der Waals surface area contributed by atoms with Crippen LogP contribution in [0.2, 0.25) is 0 Å². The summed E-state index contributed by atoms with van der Waals surface area (Å²) in [5.74, 6) is 0.669. The molecule has 2 aromatic rings. The smallest absolute Gasteiger partial charge is 0.330 e. The van der Waals surface area contributed by atoms with E-state index in [2.05, 4.69) is 16.9 Å². The van der Waals surface area contributed by atoms with Gasteiger partial charge in [0.15, 0.2) is 10.8 Å². The first-order chi connectivity index (χ1) is 12.8. The quantitative estimate of drug-likeness (QED) is 0.466. The Hall–Kier alpha value is -2.81. The number of aromatic nitrogens is 2. The highest BCUT2D eigenvalue weighted by Gasteiger charge is 2.23. The van der Waals surface area contributed by atoms with Gasteiger partial charge in [-0.3, -0.25) is 14.3 Å². The predicted molar refractivity (Wildman–Crippen MR) is 111 cm³/mol. The van der Waals surface area contributed by atoms with Crippen LogP contribution >= 0.6 is 12.2 Å². The minimum atomic E-state index is -0.601. The van der Waals surface area contributed by atoms with E-state index in [1.165, 1.54) is 15.7 Å². The van der Waals surface area contributed by atoms with Crippen molar-refractivity contribution in [2.75, 3.05) is 17.2 Å². The van der Waals surface area contributed by atoms with Crippen molar-refractivity contribution >= 4 is 28.8 Å². The van der Waals surface area contributed by atoms with E-state index in [1.54, 1.807) is 12.1 Å². The van der Waals surface area contributed by atoms with Crippen molar-refractivity contribution in [3.05, 3.63) is 57.1 Å². The summed E-state index contributed by atoms with van der Waals surface area (Å²) >= 11 is 5.47. The lowest BCUT2D eigenvalue weighted by Gasteiger charge is -2.26. The maximum absolute atomic E-state index is 12.6. The van der Waals surface area contributed by atoms with Gasteiger partial charge in [0.2, 0.25) is 0 Å². The second-order valence-electron chi connectivity index (χ2n) is 6.28. The van der Waals surface area contributed by atoms with Gasteiger partial charge >= 0.3 is 5.69 Å². The molecule has 0 saturated carbocycles. The summed E-state index contributed by atoms with van der Waals surface area (Å²) in [4.78, 5) is 28.6. The van der Waals surface area contributed by atoms with Crippen molar-refractivity contribution in [3.63, 3.8) is 0 Å². The Kier molecular flexibility index (Phi) is 7.00. The third-order valence-electron chi connectivity index (χ3n) is 3.90. The minimum Gasteiger partial charge on any atom is -0.467 e. The highest BCUT2D eigenvalue weighted by atomic mass is 32.1. The average Bonchev–Trinajstić information content (AvgIpc) is 3.11. The number of nitrogen functional groups attached to an aromatic ring is 1. The van der Waals surface area contributed by atoms with Crippen LogP contribution in [0.1, 0.15) is 32.4 Å². The van der Waals surface area contributed by atoms with E-state index in [1.807, 2.05) is 13.8 Å². The van der Waals surface area contributed by atoms with Gasteiger partial charge in [-0.05, 0) is 37.7 Å². The summed E-state index contributed by atoms with van der Waals surface area (Å²) < 4.78 is 6.75. The highest BCUT2D eigenvalue weighted by Crippen LogP contribution is 2.20. The zero-order valence-electron chi connectivity index (χ0n) is 15.6. The molecule has 0 radical (unpaired) electrons. The Bertz CT molecular complexity index is 914. The number of thiocarbonyl (C=S) groups is 1. The molecule has 0 aliphatic carbocycles. The molecule has 0 aromatic carbocycles. The van der Waals surface area contributed by atoms with E-state index in [-0.39, 0.29) is 23.2 Å². The van der Waals surface area contributed by atoms with Gasteiger partial charge in [0.05, 0.1) is 12.8 Å². The van der Waals surface area contributed by atoms with Gasteiger partial charge < -0.3 is 20.4 Å². The van der Waals surface area contributed by atoms with Gasteiger partial charge in [0, 0.05) is 13.1 Å². The fourth-order valence-electron chi connectivity index (χ4n) is 2.51. The number of hydrogen-bond donors (Lipinski definition) is 3. The molecule has 0 aliphatic rings. The molecule has 8 nitrogen and oxygen atoms in total. The molecule has 4 N–H and O–H groups in total. The molecule has 27 heavy (non-hydrogen) atoms. The van der Waals surface area contributed by atoms with Crippen LogP contribution in [0, 0.1) is 0 Å². The number of anilines is 2. The Morgan fingerprint density at radius 1 is 1.48 bits per heavy atom.